The van der Waals surface area contributed by atoms with Crippen LogP contribution in [0.1, 0.15) is 60.3 Å². The number of carbonyl (C=O) groups excluding carboxylic acids is 1. The molecule has 0 bridgehead atoms. The highest BCUT2D eigenvalue weighted by atomic mass is 16.5. The lowest BCUT2D eigenvalue weighted by molar-refractivity contribution is -0.144. The molecule has 3 heteroatoms. The zero-order chi connectivity index (χ0) is 14.5. The van der Waals surface area contributed by atoms with Crippen molar-refractivity contribution < 1.29 is 9.53 Å². The van der Waals surface area contributed by atoms with Crippen molar-refractivity contribution in [1.29, 1.82) is 0 Å². The van der Waals surface area contributed by atoms with Crippen LogP contribution in [0.5, 0.6) is 0 Å². The second-order valence-corrected chi connectivity index (χ2v) is 6.89. The van der Waals surface area contributed by atoms with Gasteiger partial charge in [0.25, 0.3) is 0 Å². The first-order chi connectivity index (χ1) is 8.84. The monoisotopic (exact) mass is 269 g/mol. The SMILES string of the molecule is CCOC(=O)CC(C)N1CCCC(C(C)(C)C)CC1. The van der Waals surface area contributed by atoms with Gasteiger partial charge >= 0.3 is 5.97 Å². The summed E-state index contributed by atoms with van der Waals surface area (Å²) in [4.78, 5) is 14.0. The summed E-state index contributed by atoms with van der Waals surface area (Å²) in [6.45, 7) is 13.8. The van der Waals surface area contributed by atoms with E-state index in [4.69, 9.17) is 4.74 Å². The van der Waals surface area contributed by atoms with Crippen molar-refractivity contribution in [3.8, 4) is 0 Å². The number of hydrogen-bond donors (Lipinski definition) is 0. The van der Waals surface area contributed by atoms with Gasteiger partial charge in [0.15, 0.2) is 0 Å². The van der Waals surface area contributed by atoms with Gasteiger partial charge in [0.2, 0.25) is 0 Å². The normalized spacial score (nSPS) is 23.7. The first-order valence-electron chi connectivity index (χ1n) is 7.74. The van der Waals surface area contributed by atoms with E-state index in [-0.39, 0.29) is 5.97 Å². The second kappa shape index (κ2) is 7.28. The van der Waals surface area contributed by atoms with E-state index in [2.05, 4.69) is 32.6 Å². The fourth-order valence-electron chi connectivity index (χ4n) is 3.02. The van der Waals surface area contributed by atoms with E-state index in [0.29, 0.717) is 24.5 Å². The van der Waals surface area contributed by atoms with E-state index < -0.39 is 0 Å². The Morgan fingerprint density at radius 2 is 2.00 bits per heavy atom. The minimum atomic E-state index is -0.0633. The van der Waals surface area contributed by atoms with Crippen LogP contribution in [0.15, 0.2) is 0 Å². The molecule has 0 aromatic heterocycles. The number of ether oxygens (including phenoxy) is 1. The Hall–Kier alpha value is -0.570. The van der Waals surface area contributed by atoms with Crippen LogP contribution in [-0.2, 0) is 9.53 Å². The molecule has 1 fully saturated rings. The van der Waals surface area contributed by atoms with Gasteiger partial charge < -0.3 is 9.64 Å². The Bertz CT molecular complexity index is 283. The van der Waals surface area contributed by atoms with Crippen LogP contribution in [0.4, 0.5) is 0 Å². The Balaban J connectivity index is 2.46. The van der Waals surface area contributed by atoms with Crippen molar-refractivity contribution in [1.82, 2.24) is 4.90 Å². The van der Waals surface area contributed by atoms with Crippen LogP contribution >= 0.6 is 0 Å². The first-order valence-corrected chi connectivity index (χ1v) is 7.74. The molecule has 1 aliphatic heterocycles. The summed E-state index contributed by atoms with van der Waals surface area (Å²) in [5.41, 5.74) is 0.403. The van der Waals surface area contributed by atoms with Crippen molar-refractivity contribution in [2.24, 2.45) is 11.3 Å². The van der Waals surface area contributed by atoms with Crippen molar-refractivity contribution in [3.05, 3.63) is 0 Å². The van der Waals surface area contributed by atoms with E-state index in [9.17, 15) is 4.79 Å². The predicted molar refractivity (Wildman–Crippen MR) is 79.1 cm³/mol. The maximum atomic E-state index is 11.6. The van der Waals surface area contributed by atoms with Gasteiger partial charge in [0.1, 0.15) is 0 Å². The van der Waals surface area contributed by atoms with Gasteiger partial charge in [-0.2, -0.15) is 0 Å². The molecule has 0 aromatic rings. The summed E-state index contributed by atoms with van der Waals surface area (Å²) in [5.74, 6) is 0.735. The number of esters is 1. The number of nitrogens with zero attached hydrogens (tertiary/aromatic N) is 1. The molecule has 0 aliphatic carbocycles. The van der Waals surface area contributed by atoms with E-state index >= 15 is 0 Å². The fraction of sp³-hybridized carbons (Fsp3) is 0.938. The molecule has 3 nitrogen and oxygen atoms in total. The lowest BCUT2D eigenvalue weighted by Crippen LogP contribution is -2.36. The van der Waals surface area contributed by atoms with Gasteiger partial charge in [-0.15, -0.1) is 0 Å². The van der Waals surface area contributed by atoms with Crippen LogP contribution in [0.2, 0.25) is 0 Å². The molecule has 2 atom stereocenters. The molecule has 0 spiro atoms. The molecule has 2 unspecified atom stereocenters. The minimum Gasteiger partial charge on any atom is -0.466 e. The highest BCUT2D eigenvalue weighted by Crippen LogP contribution is 2.34. The highest BCUT2D eigenvalue weighted by Gasteiger charge is 2.28. The maximum absolute atomic E-state index is 11.6. The molecule has 0 saturated carbocycles. The molecule has 1 heterocycles. The summed E-state index contributed by atoms with van der Waals surface area (Å²) in [6, 6.07) is 0.303. The first kappa shape index (κ1) is 16.5. The zero-order valence-electron chi connectivity index (χ0n) is 13.4. The average molecular weight is 269 g/mol. The smallest absolute Gasteiger partial charge is 0.307 e. The van der Waals surface area contributed by atoms with Crippen molar-refractivity contribution in [2.45, 2.75) is 66.3 Å². The number of rotatable bonds is 4. The largest absolute Gasteiger partial charge is 0.466 e. The molecular weight excluding hydrogens is 238 g/mol. The maximum Gasteiger partial charge on any atom is 0.307 e. The van der Waals surface area contributed by atoms with Gasteiger partial charge in [-0.25, -0.2) is 0 Å². The Kier molecular flexibility index (Phi) is 6.31. The lowest BCUT2D eigenvalue weighted by Gasteiger charge is -2.30. The molecular formula is C16H31NO2. The van der Waals surface area contributed by atoms with E-state index in [1.54, 1.807) is 0 Å². The van der Waals surface area contributed by atoms with Gasteiger partial charge in [-0.1, -0.05) is 20.8 Å². The molecule has 1 aliphatic rings. The third-order valence-electron chi connectivity index (χ3n) is 4.38. The number of carbonyl (C=O) groups is 1. The van der Waals surface area contributed by atoms with E-state index in [1.807, 2.05) is 6.92 Å². The van der Waals surface area contributed by atoms with Crippen LogP contribution in [0.25, 0.3) is 0 Å². The van der Waals surface area contributed by atoms with Gasteiger partial charge in [-0.3, -0.25) is 4.79 Å². The van der Waals surface area contributed by atoms with Crippen molar-refractivity contribution in [2.75, 3.05) is 19.7 Å². The summed E-state index contributed by atoms with van der Waals surface area (Å²) in [7, 11) is 0. The van der Waals surface area contributed by atoms with Crippen molar-refractivity contribution >= 4 is 5.97 Å². The third-order valence-corrected chi connectivity index (χ3v) is 4.38. The predicted octanol–water partition coefficient (Wildman–Crippen LogP) is 3.48. The van der Waals surface area contributed by atoms with Crippen LogP contribution in [0, 0.1) is 11.3 Å². The quantitative estimate of drug-likeness (QED) is 0.732. The summed E-state index contributed by atoms with van der Waals surface area (Å²) in [6.07, 6.45) is 4.33. The molecule has 0 aromatic carbocycles. The Morgan fingerprint density at radius 1 is 1.32 bits per heavy atom. The lowest BCUT2D eigenvalue weighted by atomic mass is 9.77. The van der Waals surface area contributed by atoms with E-state index in [1.165, 1.54) is 19.3 Å². The zero-order valence-corrected chi connectivity index (χ0v) is 13.4. The van der Waals surface area contributed by atoms with Crippen LogP contribution in [-0.4, -0.2) is 36.6 Å². The van der Waals surface area contributed by atoms with E-state index in [0.717, 1.165) is 19.0 Å². The topological polar surface area (TPSA) is 29.5 Å². The molecule has 112 valence electrons. The Labute approximate surface area is 118 Å². The second-order valence-electron chi connectivity index (χ2n) is 6.89. The summed E-state index contributed by atoms with van der Waals surface area (Å²) in [5, 5.41) is 0. The van der Waals surface area contributed by atoms with Gasteiger partial charge in [0.05, 0.1) is 13.0 Å². The van der Waals surface area contributed by atoms with Crippen LogP contribution in [0.3, 0.4) is 0 Å². The average Bonchev–Trinajstić information content (AvgIpc) is 2.53. The molecule has 0 radical (unpaired) electrons. The Morgan fingerprint density at radius 3 is 2.58 bits per heavy atom. The van der Waals surface area contributed by atoms with Gasteiger partial charge in [-0.05, 0) is 57.5 Å². The standard InChI is InChI=1S/C16H31NO2/c1-6-19-15(18)12-13(2)17-10-7-8-14(9-11-17)16(3,4)5/h13-14H,6-12H2,1-5H3. The summed E-state index contributed by atoms with van der Waals surface area (Å²) < 4.78 is 5.04. The van der Waals surface area contributed by atoms with Crippen LogP contribution < -0.4 is 0 Å². The summed E-state index contributed by atoms with van der Waals surface area (Å²) >= 11 is 0. The number of hydrogen-bond acceptors (Lipinski definition) is 3. The van der Waals surface area contributed by atoms with Gasteiger partial charge in [0, 0.05) is 6.04 Å². The fourth-order valence-corrected chi connectivity index (χ4v) is 3.02. The highest BCUT2D eigenvalue weighted by molar-refractivity contribution is 5.70. The molecule has 1 saturated heterocycles. The molecule has 19 heavy (non-hydrogen) atoms. The third kappa shape index (κ3) is 5.52. The van der Waals surface area contributed by atoms with Crippen molar-refractivity contribution in [3.63, 3.8) is 0 Å². The number of likely N-dealkylation sites (tertiary alicyclic amines) is 1. The molecule has 0 N–H and O–H groups in total. The minimum absolute atomic E-state index is 0.0633. The molecule has 1 rings (SSSR count). The molecule has 0 amide bonds.